The van der Waals surface area contributed by atoms with Crippen LogP contribution in [-0.2, 0) is 4.79 Å². The molecule has 21 heavy (non-hydrogen) atoms. The van der Waals surface area contributed by atoms with E-state index in [0.717, 1.165) is 5.03 Å². The van der Waals surface area contributed by atoms with Gasteiger partial charge in [0.05, 0.1) is 28.5 Å². The summed E-state index contributed by atoms with van der Waals surface area (Å²) in [7, 11) is 0. The van der Waals surface area contributed by atoms with Gasteiger partial charge in [-0.2, -0.15) is 5.26 Å². The number of hydrogen-bond acceptors (Lipinski definition) is 5. The molecule has 0 atom stereocenters. The highest BCUT2D eigenvalue weighted by molar-refractivity contribution is 7.99. The quantitative estimate of drug-likeness (QED) is 0.828. The number of amides is 1. The number of benzene rings is 1. The van der Waals surface area contributed by atoms with Gasteiger partial charge in [0.25, 0.3) is 0 Å². The second-order valence-corrected chi connectivity index (χ2v) is 5.38. The predicted molar refractivity (Wildman–Crippen MR) is 83.8 cm³/mol. The SMILES string of the molecule is N#Cc1ccc(NC(=O)CCSc2ccc(N)cn2)cc1. The Bertz CT molecular complexity index is 647. The van der Waals surface area contributed by atoms with E-state index in [0.29, 0.717) is 29.1 Å². The Kier molecular flexibility index (Phi) is 5.18. The van der Waals surface area contributed by atoms with Crippen LogP contribution in [0.3, 0.4) is 0 Å². The Hall–Kier alpha value is -2.52. The van der Waals surface area contributed by atoms with Crippen molar-refractivity contribution in [2.24, 2.45) is 0 Å². The molecule has 1 aromatic carbocycles. The van der Waals surface area contributed by atoms with Gasteiger partial charge >= 0.3 is 0 Å². The molecular weight excluding hydrogens is 284 g/mol. The molecule has 5 nitrogen and oxygen atoms in total. The Morgan fingerprint density at radius 2 is 2.05 bits per heavy atom. The minimum atomic E-state index is -0.0670. The van der Waals surface area contributed by atoms with E-state index in [-0.39, 0.29) is 5.91 Å². The first-order valence-corrected chi connectivity index (χ1v) is 7.30. The van der Waals surface area contributed by atoms with Crippen LogP contribution >= 0.6 is 11.8 Å². The van der Waals surface area contributed by atoms with Crippen LogP contribution in [0, 0.1) is 11.3 Å². The molecule has 0 fully saturated rings. The normalized spacial score (nSPS) is 9.86. The molecule has 3 N–H and O–H groups in total. The van der Waals surface area contributed by atoms with E-state index >= 15 is 0 Å². The molecule has 0 radical (unpaired) electrons. The topological polar surface area (TPSA) is 91.8 Å². The summed E-state index contributed by atoms with van der Waals surface area (Å²) in [6.07, 6.45) is 1.98. The van der Waals surface area contributed by atoms with Crippen LogP contribution in [0.15, 0.2) is 47.6 Å². The van der Waals surface area contributed by atoms with Crippen LogP contribution in [0.1, 0.15) is 12.0 Å². The molecule has 1 heterocycles. The van der Waals surface area contributed by atoms with Crippen LogP contribution in [0.5, 0.6) is 0 Å². The summed E-state index contributed by atoms with van der Waals surface area (Å²) in [5, 5.41) is 12.3. The first kappa shape index (κ1) is 14.9. The summed E-state index contributed by atoms with van der Waals surface area (Å²) in [6.45, 7) is 0. The summed E-state index contributed by atoms with van der Waals surface area (Å²) in [6, 6.07) is 12.4. The van der Waals surface area contributed by atoms with Crippen molar-refractivity contribution in [3.8, 4) is 6.07 Å². The molecule has 6 heteroatoms. The summed E-state index contributed by atoms with van der Waals surface area (Å²) in [5.41, 5.74) is 7.43. The van der Waals surface area contributed by atoms with Gasteiger partial charge in [-0.05, 0) is 36.4 Å². The van der Waals surface area contributed by atoms with Gasteiger partial charge < -0.3 is 11.1 Å². The molecule has 0 aliphatic rings. The maximum Gasteiger partial charge on any atom is 0.225 e. The van der Waals surface area contributed by atoms with Crippen LogP contribution in [0.2, 0.25) is 0 Å². The van der Waals surface area contributed by atoms with E-state index in [1.54, 1.807) is 36.5 Å². The number of hydrogen-bond donors (Lipinski definition) is 2. The molecule has 106 valence electrons. The third kappa shape index (κ3) is 4.82. The molecule has 0 spiro atoms. The number of nitrogens with two attached hydrogens (primary N) is 1. The molecule has 0 saturated heterocycles. The molecule has 0 saturated carbocycles. The van der Waals surface area contributed by atoms with E-state index in [4.69, 9.17) is 11.0 Å². The number of thioether (sulfide) groups is 1. The maximum absolute atomic E-state index is 11.8. The number of nitrogens with zero attached hydrogens (tertiary/aromatic N) is 2. The highest BCUT2D eigenvalue weighted by Gasteiger charge is 2.04. The fourth-order valence-electron chi connectivity index (χ4n) is 1.58. The number of nitrogens with one attached hydrogen (secondary N) is 1. The molecule has 0 aliphatic heterocycles. The first-order valence-electron chi connectivity index (χ1n) is 6.32. The third-order valence-corrected chi connectivity index (χ3v) is 3.58. The Morgan fingerprint density at radius 1 is 1.29 bits per heavy atom. The first-order chi connectivity index (χ1) is 10.2. The lowest BCUT2D eigenvalue weighted by molar-refractivity contribution is -0.115. The van der Waals surface area contributed by atoms with Crippen LogP contribution < -0.4 is 11.1 Å². The van der Waals surface area contributed by atoms with Crippen LogP contribution in [0.25, 0.3) is 0 Å². The van der Waals surface area contributed by atoms with Crippen LogP contribution in [-0.4, -0.2) is 16.6 Å². The number of pyridine rings is 1. The Labute approximate surface area is 127 Å². The van der Waals surface area contributed by atoms with Crippen molar-refractivity contribution >= 4 is 29.0 Å². The smallest absolute Gasteiger partial charge is 0.225 e. The molecule has 0 aliphatic carbocycles. The molecule has 1 amide bonds. The lowest BCUT2D eigenvalue weighted by Gasteiger charge is -2.05. The van der Waals surface area contributed by atoms with Gasteiger partial charge in [0, 0.05) is 17.9 Å². The van der Waals surface area contributed by atoms with E-state index in [2.05, 4.69) is 10.3 Å². The van der Waals surface area contributed by atoms with Crippen molar-refractivity contribution in [2.75, 3.05) is 16.8 Å². The highest BCUT2D eigenvalue weighted by atomic mass is 32.2. The lowest BCUT2D eigenvalue weighted by atomic mass is 10.2. The number of aromatic nitrogens is 1. The fraction of sp³-hybridized carbons (Fsp3) is 0.133. The Balaban J connectivity index is 1.76. The predicted octanol–water partition coefficient (Wildman–Crippen LogP) is 2.66. The monoisotopic (exact) mass is 298 g/mol. The number of nitriles is 1. The van der Waals surface area contributed by atoms with E-state index in [1.807, 2.05) is 12.1 Å². The molecule has 1 aromatic heterocycles. The van der Waals surface area contributed by atoms with Gasteiger partial charge in [-0.1, -0.05) is 0 Å². The summed E-state index contributed by atoms with van der Waals surface area (Å²) >= 11 is 1.50. The zero-order valence-electron chi connectivity index (χ0n) is 11.2. The van der Waals surface area contributed by atoms with E-state index < -0.39 is 0 Å². The second-order valence-electron chi connectivity index (χ2n) is 4.27. The van der Waals surface area contributed by atoms with E-state index in [1.165, 1.54) is 11.8 Å². The van der Waals surface area contributed by atoms with Crippen molar-refractivity contribution in [3.05, 3.63) is 48.2 Å². The molecule has 2 rings (SSSR count). The third-order valence-electron chi connectivity index (χ3n) is 2.64. The van der Waals surface area contributed by atoms with Crippen molar-refractivity contribution in [1.82, 2.24) is 4.98 Å². The van der Waals surface area contributed by atoms with Crippen molar-refractivity contribution < 1.29 is 4.79 Å². The average Bonchev–Trinajstić information content (AvgIpc) is 2.50. The van der Waals surface area contributed by atoms with Crippen molar-refractivity contribution in [2.45, 2.75) is 11.4 Å². The molecule has 0 bridgehead atoms. The van der Waals surface area contributed by atoms with Gasteiger partial charge in [-0.25, -0.2) is 4.98 Å². The standard InChI is InChI=1S/C15H14N4OS/c16-9-11-1-4-13(5-2-11)19-14(20)7-8-21-15-6-3-12(17)10-18-15/h1-6,10H,7-8,17H2,(H,19,20). The fourth-order valence-corrected chi connectivity index (χ4v) is 2.37. The van der Waals surface area contributed by atoms with Gasteiger partial charge in [-0.3, -0.25) is 4.79 Å². The summed E-state index contributed by atoms with van der Waals surface area (Å²) in [5.74, 6) is 0.571. The number of anilines is 2. The summed E-state index contributed by atoms with van der Waals surface area (Å²) in [4.78, 5) is 15.9. The zero-order chi connectivity index (χ0) is 15.1. The van der Waals surface area contributed by atoms with Crippen molar-refractivity contribution in [1.29, 1.82) is 5.26 Å². The molecule has 2 aromatic rings. The van der Waals surface area contributed by atoms with E-state index in [9.17, 15) is 4.79 Å². The number of nitrogen functional groups attached to an aromatic ring is 1. The molecular formula is C15H14N4OS. The summed E-state index contributed by atoms with van der Waals surface area (Å²) < 4.78 is 0. The van der Waals surface area contributed by atoms with Crippen molar-refractivity contribution in [3.63, 3.8) is 0 Å². The van der Waals surface area contributed by atoms with Gasteiger partial charge in [0.1, 0.15) is 0 Å². The number of rotatable bonds is 5. The Morgan fingerprint density at radius 3 is 2.67 bits per heavy atom. The zero-order valence-corrected chi connectivity index (χ0v) is 12.1. The minimum absolute atomic E-state index is 0.0670. The lowest BCUT2D eigenvalue weighted by Crippen LogP contribution is -2.12. The number of carbonyl (C=O) groups excluding carboxylic acids is 1. The number of carbonyl (C=O) groups is 1. The van der Waals surface area contributed by atoms with Gasteiger partial charge in [-0.15, -0.1) is 11.8 Å². The maximum atomic E-state index is 11.8. The minimum Gasteiger partial charge on any atom is -0.397 e. The van der Waals surface area contributed by atoms with Crippen LogP contribution in [0.4, 0.5) is 11.4 Å². The second kappa shape index (κ2) is 7.31. The largest absolute Gasteiger partial charge is 0.397 e. The molecule has 0 unspecified atom stereocenters. The van der Waals surface area contributed by atoms with Gasteiger partial charge in [0.2, 0.25) is 5.91 Å². The average molecular weight is 298 g/mol. The highest BCUT2D eigenvalue weighted by Crippen LogP contribution is 2.17. The van der Waals surface area contributed by atoms with Gasteiger partial charge in [0.15, 0.2) is 0 Å².